The average Bonchev–Trinajstić information content (AvgIpc) is 3.08. The number of carbonyl (C=O) groups excluding carboxylic acids is 1. The molecular weight excluding hydrogens is 274 g/mol. The minimum atomic E-state index is -0.407. The fraction of sp³-hybridized carbons (Fsp3) is 0.462. The van der Waals surface area contributed by atoms with Crippen LogP contribution >= 0.6 is 11.3 Å². The number of nitrogens with one attached hydrogen (secondary N) is 1. The number of fused-ring (bicyclic) bond motifs is 1. The van der Waals surface area contributed by atoms with Crippen molar-refractivity contribution in [2.24, 2.45) is 5.73 Å². The van der Waals surface area contributed by atoms with Crippen LogP contribution in [0.3, 0.4) is 0 Å². The zero-order chi connectivity index (χ0) is 14.5. The van der Waals surface area contributed by atoms with E-state index in [0.717, 1.165) is 29.3 Å². The molecule has 1 fully saturated rings. The fourth-order valence-electron chi connectivity index (χ4n) is 2.01. The zero-order valence-corrected chi connectivity index (χ0v) is 12.5. The van der Waals surface area contributed by atoms with Crippen LogP contribution in [0, 0.1) is 0 Å². The van der Waals surface area contributed by atoms with Crippen LogP contribution in [-0.4, -0.2) is 43.1 Å². The maximum atomic E-state index is 11.1. The molecule has 0 aromatic carbocycles. The predicted octanol–water partition coefficient (Wildman–Crippen LogP) is 1.23. The molecule has 0 atom stereocenters. The van der Waals surface area contributed by atoms with Gasteiger partial charge in [-0.2, -0.15) is 0 Å². The number of amides is 1. The maximum absolute atomic E-state index is 11.1. The lowest BCUT2D eigenvalue weighted by atomic mass is 10.3. The minimum Gasteiger partial charge on any atom is -0.365 e. The molecule has 20 heavy (non-hydrogen) atoms. The summed E-state index contributed by atoms with van der Waals surface area (Å²) in [6, 6.07) is 1.75. The summed E-state index contributed by atoms with van der Waals surface area (Å²) in [5.74, 6) is 0.351. The lowest BCUT2D eigenvalue weighted by molar-refractivity contribution is 0.100. The normalized spacial score (nSPS) is 14.2. The van der Waals surface area contributed by atoms with Crippen molar-refractivity contribution < 1.29 is 4.79 Å². The van der Waals surface area contributed by atoms with Crippen molar-refractivity contribution in [1.29, 1.82) is 0 Å². The monoisotopic (exact) mass is 293 g/mol. The van der Waals surface area contributed by atoms with Gasteiger partial charge in [0.15, 0.2) is 0 Å². The molecule has 0 saturated carbocycles. The maximum Gasteiger partial charge on any atom is 0.258 e. The summed E-state index contributed by atoms with van der Waals surface area (Å²) in [4.78, 5) is 23.4. The number of hydrogen-bond donors (Lipinski definition) is 2. The van der Waals surface area contributed by atoms with E-state index in [9.17, 15) is 4.79 Å². The van der Waals surface area contributed by atoms with Crippen molar-refractivity contribution in [2.75, 3.05) is 32.1 Å². The number of rotatable bonds is 2. The number of thiophene rings is 1. The lowest BCUT2D eigenvalue weighted by Gasteiger charge is -2.13. The predicted molar refractivity (Wildman–Crippen MR) is 82.4 cm³/mol. The van der Waals surface area contributed by atoms with E-state index in [2.05, 4.69) is 20.2 Å². The number of nitrogens with zero attached hydrogens (tertiary/aromatic N) is 3. The van der Waals surface area contributed by atoms with Crippen LogP contribution in [0.1, 0.15) is 22.5 Å². The Morgan fingerprint density at radius 1 is 1.40 bits per heavy atom. The summed E-state index contributed by atoms with van der Waals surface area (Å²) in [6.07, 6.45) is 4.15. The molecule has 3 heterocycles. The molecule has 6 nitrogen and oxygen atoms in total. The van der Waals surface area contributed by atoms with Gasteiger partial charge in [0, 0.05) is 24.7 Å². The van der Waals surface area contributed by atoms with Crippen LogP contribution in [-0.2, 0) is 0 Å². The second-order valence-electron chi connectivity index (χ2n) is 4.60. The van der Waals surface area contributed by atoms with Crippen LogP contribution in [0.2, 0.25) is 0 Å². The van der Waals surface area contributed by atoms with E-state index < -0.39 is 5.91 Å². The van der Waals surface area contributed by atoms with Gasteiger partial charge in [-0.25, -0.2) is 9.97 Å². The smallest absolute Gasteiger partial charge is 0.258 e. The van der Waals surface area contributed by atoms with E-state index in [1.54, 1.807) is 12.3 Å². The lowest BCUT2D eigenvalue weighted by Crippen LogP contribution is -2.20. The van der Waals surface area contributed by atoms with Gasteiger partial charge in [-0.05, 0) is 33.0 Å². The van der Waals surface area contributed by atoms with Gasteiger partial charge in [0.1, 0.15) is 4.83 Å². The molecule has 1 saturated heterocycles. The van der Waals surface area contributed by atoms with Crippen molar-refractivity contribution in [2.45, 2.75) is 12.8 Å². The average molecular weight is 293 g/mol. The van der Waals surface area contributed by atoms with Crippen LogP contribution in [0.25, 0.3) is 10.2 Å². The number of nitrogens with two attached hydrogens (primary N) is 1. The first-order valence-corrected chi connectivity index (χ1v) is 7.37. The summed E-state index contributed by atoms with van der Waals surface area (Å²) < 4.78 is 0. The Hall–Kier alpha value is -1.73. The Labute approximate surface area is 122 Å². The Morgan fingerprint density at radius 3 is 2.65 bits per heavy atom. The van der Waals surface area contributed by atoms with E-state index in [-0.39, 0.29) is 0 Å². The van der Waals surface area contributed by atoms with Gasteiger partial charge in [0.25, 0.3) is 5.91 Å². The molecule has 0 unspecified atom stereocenters. The molecule has 2 aromatic rings. The van der Waals surface area contributed by atoms with Gasteiger partial charge in [-0.1, -0.05) is 0 Å². The molecule has 7 heteroatoms. The van der Waals surface area contributed by atoms with Crippen molar-refractivity contribution in [3.8, 4) is 0 Å². The van der Waals surface area contributed by atoms with Gasteiger partial charge in [0.05, 0.1) is 4.88 Å². The summed E-state index contributed by atoms with van der Waals surface area (Å²) in [5.41, 5.74) is 5.25. The third-order valence-electron chi connectivity index (χ3n) is 2.89. The molecule has 108 valence electrons. The zero-order valence-electron chi connectivity index (χ0n) is 11.7. The second-order valence-corrected chi connectivity index (χ2v) is 5.63. The topological polar surface area (TPSA) is 84.1 Å². The van der Waals surface area contributed by atoms with Crippen molar-refractivity contribution in [1.82, 2.24) is 15.3 Å². The van der Waals surface area contributed by atoms with Crippen LogP contribution in [0.4, 0.5) is 5.95 Å². The van der Waals surface area contributed by atoms with Gasteiger partial charge in [-0.15, -0.1) is 11.3 Å². The van der Waals surface area contributed by atoms with E-state index in [4.69, 9.17) is 5.73 Å². The van der Waals surface area contributed by atoms with E-state index in [1.165, 1.54) is 24.2 Å². The first-order chi connectivity index (χ1) is 9.65. The van der Waals surface area contributed by atoms with Crippen molar-refractivity contribution >= 4 is 33.4 Å². The second kappa shape index (κ2) is 6.62. The van der Waals surface area contributed by atoms with Crippen LogP contribution in [0.15, 0.2) is 12.3 Å². The molecule has 0 bridgehead atoms. The summed E-state index contributed by atoms with van der Waals surface area (Å²) in [6.45, 7) is 2.03. The number of hydrogen-bond acceptors (Lipinski definition) is 6. The first-order valence-electron chi connectivity index (χ1n) is 6.55. The Kier molecular flexibility index (Phi) is 4.86. The Bertz CT molecular complexity index is 591. The minimum absolute atomic E-state index is 0.407. The third kappa shape index (κ3) is 3.23. The van der Waals surface area contributed by atoms with E-state index in [1.807, 2.05) is 14.1 Å². The summed E-state index contributed by atoms with van der Waals surface area (Å²) in [7, 11) is 3.75. The molecule has 1 aliphatic heterocycles. The molecule has 1 amide bonds. The number of aromatic nitrogens is 2. The van der Waals surface area contributed by atoms with E-state index in [0.29, 0.717) is 4.88 Å². The van der Waals surface area contributed by atoms with Crippen molar-refractivity contribution in [3.63, 3.8) is 0 Å². The third-order valence-corrected chi connectivity index (χ3v) is 3.95. The number of primary amides is 1. The molecule has 2 aromatic heterocycles. The van der Waals surface area contributed by atoms with Gasteiger partial charge < -0.3 is 16.0 Å². The van der Waals surface area contributed by atoms with Crippen LogP contribution in [0.5, 0.6) is 0 Å². The molecule has 1 aliphatic rings. The van der Waals surface area contributed by atoms with Gasteiger partial charge >= 0.3 is 0 Å². The molecule has 0 aliphatic carbocycles. The van der Waals surface area contributed by atoms with Crippen molar-refractivity contribution in [3.05, 3.63) is 17.1 Å². The highest BCUT2D eigenvalue weighted by atomic mass is 32.1. The summed E-state index contributed by atoms with van der Waals surface area (Å²) >= 11 is 1.33. The van der Waals surface area contributed by atoms with Gasteiger partial charge in [0.2, 0.25) is 5.95 Å². The molecule has 3 rings (SSSR count). The quantitative estimate of drug-likeness (QED) is 0.870. The number of anilines is 1. The highest BCUT2D eigenvalue weighted by Gasteiger charge is 2.16. The van der Waals surface area contributed by atoms with Crippen LogP contribution < -0.4 is 16.0 Å². The standard InChI is InChI=1S/C11H12N4OS.C2H7N/c12-9(16)8-5-7-6-13-11(14-10(7)17-8)15-3-1-2-4-15;1-3-2/h5-6H,1-4H2,(H2,12,16);3H,1-2H3. The number of carbonyl (C=O) groups is 1. The van der Waals surface area contributed by atoms with Gasteiger partial charge in [-0.3, -0.25) is 4.79 Å². The molecule has 3 N–H and O–H groups in total. The Morgan fingerprint density at radius 2 is 2.05 bits per heavy atom. The Balaban J connectivity index is 0.000000452. The highest BCUT2D eigenvalue weighted by molar-refractivity contribution is 7.20. The molecule has 0 radical (unpaired) electrons. The first kappa shape index (κ1) is 14.7. The fourth-order valence-corrected chi connectivity index (χ4v) is 2.86. The van der Waals surface area contributed by atoms with E-state index >= 15 is 0 Å². The summed E-state index contributed by atoms with van der Waals surface area (Å²) in [5, 5.41) is 3.63. The molecular formula is C13H19N5OS. The molecule has 0 spiro atoms. The SMILES string of the molecule is CNC.NC(=O)c1cc2cnc(N3CCCC3)nc2s1. The largest absolute Gasteiger partial charge is 0.365 e. The highest BCUT2D eigenvalue weighted by Crippen LogP contribution is 2.25.